The molecule has 2 aromatic heterocycles. The number of fused-ring (bicyclic) bond motifs is 1. The summed E-state index contributed by atoms with van der Waals surface area (Å²) < 4.78 is 14.2. The van der Waals surface area contributed by atoms with E-state index in [1.807, 2.05) is 0 Å². The van der Waals surface area contributed by atoms with Crippen molar-refractivity contribution in [1.82, 2.24) is 19.9 Å². The Morgan fingerprint density at radius 3 is 2.65 bits per heavy atom. The summed E-state index contributed by atoms with van der Waals surface area (Å²) in [6, 6.07) is 16.5. The molecule has 0 spiro atoms. The standard InChI is InChI=1S/C34H42FN7O/c1-23(2)18-24-5-8-28(9-6-24)39-14-17-41-15-11-25(12-16-41)21-42(37)22-30(36)32-29-19-27(35)7-10-31(29)40-33(32)34(43)26-4-3-13-38-20-26/h3-10,13,19-20,22-23,25,39-40H,11-12,14-18,21,36-37H2,1-2H3/b30-22-. The molecule has 0 amide bonds. The molecular weight excluding hydrogens is 541 g/mol. The van der Waals surface area contributed by atoms with Gasteiger partial charge in [-0.05, 0) is 92.2 Å². The van der Waals surface area contributed by atoms with Gasteiger partial charge >= 0.3 is 0 Å². The molecule has 9 heteroatoms. The van der Waals surface area contributed by atoms with Crippen molar-refractivity contribution in [3.63, 3.8) is 0 Å². The number of pyridine rings is 1. The highest BCUT2D eigenvalue weighted by molar-refractivity contribution is 6.14. The van der Waals surface area contributed by atoms with Crippen molar-refractivity contribution in [2.75, 3.05) is 38.0 Å². The molecular formula is C34H42FN7O. The third-order valence-electron chi connectivity index (χ3n) is 8.04. The highest BCUT2D eigenvalue weighted by Crippen LogP contribution is 2.29. The third kappa shape index (κ3) is 7.80. The highest BCUT2D eigenvalue weighted by Gasteiger charge is 2.23. The minimum atomic E-state index is -0.410. The average Bonchev–Trinajstić information content (AvgIpc) is 3.37. The van der Waals surface area contributed by atoms with Crippen molar-refractivity contribution in [3.05, 3.63) is 101 Å². The van der Waals surface area contributed by atoms with E-state index in [0.717, 1.165) is 51.1 Å². The van der Waals surface area contributed by atoms with Crippen LogP contribution < -0.4 is 16.9 Å². The first-order valence-electron chi connectivity index (χ1n) is 15.1. The minimum Gasteiger partial charge on any atom is -0.397 e. The molecule has 6 N–H and O–H groups in total. The summed E-state index contributed by atoms with van der Waals surface area (Å²) in [7, 11) is 0. The summed E-state index contributed by atoms with van der Waals surface area (Å²) in [5.41, 5.74) is 11.1. The predicted octanol–water partition coefficient (Wildman–Crippen LogP) is 5.39. The summed E-state index contributed by atoms with van der Waals surface area (Å²) in [5.74, 6) is 6.81. The number of aromatic amines is 1. The van der Waals surface area contributed by atoms with Gasteiger partial charge in [0.15, 0.2) is 0 Å². The smallest absolute Gasteiger partial charge is 0.211 e. The van der Waals surface area contributed by atoms with Gasteiger partial charge in [-0.2, -0.15) is 0 Å². The molecule has 0 unspecified atom stereocenters. The molecule has 1 aliphatic heterocycles. The number of likely N-dealkylation sites (tertiary alicyclic amines) is 1. The number of anilines is 1. The Balaban J connectivity index is 1.16. The minimum absolute atomic E-state index is 0.273. The lowest BCUT2D eigenvalue weighted by atomic mass is 9.96. The molecule has 3 heterocycles. The van der Waals surface area contributed by atoms with Crippen LogP contribution in [0, 0.1) is 17.7 Å². The molecule has 4 aromatic rings. The Kier molecular flexibility index (Phi) is 9.74. The van der Waals surface area contributed by atoms with Crippen LogP contribution in [0.5, 0.6) is 0 Å². The van der Waals surface area contributed by atoms with Gasteiger partial charge < -0.3 is 25.9 Å². The Morgan fingerprint density at radius 2 is 1.95 bits per heavy atom. The quantitative estimate of drug-likeness (QED) is 0.100. The largest absolute Gasteiger partial charge is 0.397 e. The van der Waals surface area contributed by atoms with Crippen LogP contribution in [0.3, 0.4) is 0 Å². The van der Waals surface area contributed by atoms with Crippen LogP contribution in [0.4, 0.5) is 10.1 Å². The van der Waals surface area contributed by atoms with Crippen LogP contribution >= 0.6 is 0 Å². The zero-order valence-corrected chi connectivity index (χ0v) is 25.0. The first kappa shape index (κ1) is 30.3. The van der Waals surface area contributed by atoms with Crippen molar-refractivity contribution in [3.8, 4) is 0 Å². The fraction of sp³-hybridized carbons (Fsp3) is 0.353. The average molecular weight is 584 g/mol. The normalized spacial score (nSPS) is 14.9. The van der Waals surface area contributed by atoms with Crippen LogP contribution in [0.15, 0.2) is 73.2 Å². The molecule has 5 rings (SSSR count). The van der Waals surface area contributed by atoms with Crippen LogP contribution in [-0.2, 0) is 6.42 Å². The molecule has 8 nitrogen and oxygen atoms in total. The lowest BCUT2D eigenvalue weighted by molar-refractivity contribution is 0.103. The molecule has 226 valence electrons. The third-order valence-corrected chi connectivity index (χ3v) is 8.04. The van der Waals surface area contributed by atoms with E-state index in [1.54, 1.807) is 35.6 Å². The fourth-order valence-corrected chi connectivity index (χ4v) is 5.85. The van der Waals surface area contributed by atoms with E-state index in [4.69, 9.17) is 11.6 Å². The number of rotatable bonds is 12. The van der Waals surface area contributed by atoms with Gasteiger partial charge in [0.1, 0.15) is 5.82 Å². The lowest BCUT2D eigenvalue weighted by Crippen LogP contribution is -2.41. The maximum Gasteiger partial charge on any atom is 0.211 e. The van der Waals surface area contributed by atoms with Crippen molar-refractivity contribution in [2.45, 2.75) is 33.1 Å². The van der Waals surface area contributed by atoms with Gasteiger partial charge in [-0.15, -0.1) is 0 Å². The van der Waals surface area contributed by atoms with E-state index >= 15 is 0 Å². The van der Waals surface area contributed by atoms with Gasteiger partial charge in [-0.1, -0.05) is 26.0 Å². The Hall–Kier alpha value is -4.21. The second kappa shape index (κ2) is 13.8. The molecule has 0 saturated carbocycles. The van der Waals surface area contributed by atoms with E-state index in [0.29, 0.717) is 46.1 Å². The van der Waals surface area contributed by atoms with Crippen molar-refractivity contribution in [2.24, 2.45) is 23.4 Å². The fourth-order valence-electron chi connectivity index (χ4n) is 5.85. The zero-order valence-electron chi connectivity index (χ0n) is 25.0. The maximum absolute atomic E-state index is 14.2. The van der Waals surface area contributed by atoms with Gasteiger partial charge in [0, 0.05) is 65.9 Å². The summed E-state index contributed by atoms with van der Waals surface area (Å²) in [4.78, 5) is 23.0. The Labute approximate surface area is 252 Å². The van der Waals surface area contributed by atoms with Crippen LogP contribution in [0.25, 0.3) is 16.6 Å². The second-order valence-corrected chi connectivity index (χ2v) is 11.9. The number of hydrogen-bond acceptors (Lipinski definition) is 7. The number of nitrogens with one attached hydrogen (secondary N) is 2. The molecule has 0 aliphatic carbocycles. The number of hydrazine groups is 1. The Bertz CT molecular complexity index is 1540. The van der Waals surface area contributed by atoms with Gasteiger partial charge in [0.2, 0.25) is 5.78 Å². The first-order chi connectivity index (χ1) is 20.8. The summed E-state index contributed by atoms with van der Waals surface area (Å²) >= 11 is 0. The number of H-pyrrole nitrogens is 1. The van der Waals surface area contributed by atoms with E-state index in [-0.39, 0.29) is 11.5 Å². The monoisotopic (exact) mass is 583 g/mol. The highest BCUT2D eigenvalue weighted by atomic mass is 19.1. The van der Waals surface area contributed by atoms with Gasteiger partial charge in [-0.25, -0.2) is 10.2 Å². The van der Waals surface area contributed by atoms with Crippen molar-refractivity contribution in [1.29, 1.82) is 0 Å². The number of benzene rings is 2. The van der Waals surface area contributed by atoms with Gasteiger partial charge in [-0.3, -0.25) is 9.78 Å². The van der Waals surface area contributed by atoms with Crippen LogP contribution in [0.1, 0.15) is 53.9 Å². The number of ketones is 1. The van der Waals surface area contributed by atoms with E-state index in [2.05, 4.69) is 58.3 Å². The Morgan fingerprint density at radius 1 is 1.19 bits per heavy atom. The number of hydrogen-bond donors (Lipinski definition) is 4. The van der Waals surface area contributed by atoms with Gasteiger partial charge in [0.25, 0.3) is 0 Å². The molecule has 0 bridgehead atoms. The molecule has 0 radical (unpaired) electrons. The van der Waals surface area contributed by atoms with E-state index in [9.17, 15) is 9.18 Å². The number of piperidine rings is 1. The van der Waals surface area contributed by atoms with Crippen molar-refractivity contribution < 1.29 is 9.18 Å². The summed E-state index contributed by atoms with van der Waals surface area (Å²) in [5, 5.41) is 5.67. The molecule has 1 saturated heterocycles. The van der Waals surface area contributed by atoms with Gasteiger partial charge in [0.05, 0.1) is 11.4 Å². The van der Waals surface area contributed by atoms with Crippen molar-refractivity contribution >= 4 is 28.1 Å². The molecule has 1 aliphatic rings. The summed E-state index contributed by atoms with van der Waals surface area (Å²) in [6.07, 6.45) is 7.93. The summed E-state index contributed by atoms with van der Waals surface area (Å²) in [6.45, 7) is 9.04. The topological polar surface area (TPSA) is 116 Å². The number of nitrogens with two attached hydrogens (primary N) is 2. The maximum atomic E-state index is 14.2. The number of nitrogens with zero attached hydrogens (tertiary/aromatic N) is 3. The van der Waals surface area contributed by atoms with Crippen LogP contribution in [0.2, 0.25) is 0 Å². The van der Waals surface area contributed by atoms with E-state index < -0.39 is 5.82 Å². The number of carbonyl (C=O) groups is 1. The number of aromatic nitrogens is 2. The SMILES string of the molecule is CC(C)Cc1ccc(NCCN2CCC(CN(N)/C=C(\N)c3c(C(=O)c4cccnc4)[nH]c4ccc(F)cc34)CC2)cc1. The molecule has 1 fully saturated rings. The lowest BCUT2D eigenvalue weighted by Gasteiger charge is -2.33. The molecule has 0 atom stereocenters. The predicted molar refractivity (Wildman–Crippen MR) is 172 cm³/mol. The number of halogens is 1. The zero-order chi connectivity index (χ0) is 30.3. The number of carbonyl (C=O) groups excluding carboxylic acids is 1. The van der Waals surface area contributed by atoms with Crippen LogP contribution in [-0.4, -0.2) is 58.4 Å². The van der Waals surface area contributed by atoms with E-state index in [1.165, 1.54) is 23.9 Å². The molecule has 2 aromatic carbocycles. The molecule has 43 heavy (non-hydrogen) atoms. The second-order valence-electron chi connectivity index (χ2n) is 11.9. The first-order valence-corrected chi connectivity index (χ1v) is 15.1.